The first-order chi connectivity index (χ1) is 10.4. The molecule has 0 aromatic heterocycles. The van der Waals surface area contributed by atoms with E-state index in [1.54, 1.807) is 0 Å². The van der Waals surface area contributed by atoms with Gasteiger partial charge in [-0.25, -0.2) is 0 Å². The van der Waals surface area contributed by atoms with Crippen molar-refractivity contribution in [2.75, 3.05) is 0 Å². The Morgan fingerprint density at radius 3 is 2.45 bits per heavy atom. The van der Waals surface area contributed by atoms with Gasteiger partial charge >= 0.3 is 0 Å². The van der Waals surface area contributed by atoms with Crippen molar-refractivity contribution < 1.29 is 5.11 Å². The first-order valence-electron chi connectivity index (χ1n) is 9.65. The Hall–Kier alpha value is -0.480. The van der Waals surface area contributed by atoms with Gasteiger partial charge in [0.1, 0.15) is 5.60 Å². The highest BCUT2D eigenvalue weighted by molar-refractivity contribution is 5.23. The normalized spacial score (nSPS) is 57.4. The maximum atomic E-state index is 11.0. The summed E-state index contributed by atoms with van der Waals surface area (Å²) in [5.41, 5.74) is -0.285. The van der Waals surface area contributed by atoms with Crippen LogP contribution in [0.3, 0.4) is 0 Å². The molecule has 0 heterocycles. The summed E-state index contributed by atoms with van der Waals surface area (Å²) in [7, 11) is 0. The van der Waals surface area contributed by atoms with Gasteiger partial charge < -0.3 is 5.11 Å². The monoisotopic (exact) mass is 300 g/mol. The topological polar surface area (TPSA) is 20.2 Å². The number of hydrogen-bond donors (Lipinski definition) is 1. The van der Waals surface area contributed by atoms with Crippen LogP contribution < -0.4 is 0 Å². The first kappa shape index (κ1) is 15.1. The molecule has 4 rings (SSSR count). The molecule has 0 aromatic carbocycles. The average Bonchev–Trinajstić information content (AvgIpc) is 2.79. The highest BCUT2D eigenvalue weighted by atomic mass is 16.3. The molecule has 1 heteroatoms. The predicted molar refractivity (Wildman–Crippen MR) is 90.1 cm³/mol. The number of terminal acetylenes is 1. The van der Waals surface area contributed by atoms with Gasteiger partial charge in [-0.1, -0.05) is 32.6 Å². The number of fused-ring (bicyclic) bond motifs is 5. The summed E-state index contributed by atoms with van der Waals surface area (Å²) in [5, 5.41) is 11.0. The lowest BCUT2D eigenvalue weighted by molar-refractivity contribution is -0.134. The van der Waals surface area contributed by atoms with Crippen LogP contribution in [0.25, 0.3) is 0 Å². The zero-order chi connectivity index (χ0) is 15.6. The zero-order valence-electron chi connectivity index (χ0n) is 14.4. The van der Waals surface area contributed by atoms with Crippen molar-refractivity contribution in [1.29, 1.82) is 0 Å². The maximum absolute atomic E-state index is 11.0. The molecule has 1 N–H and O–H groups in total. The van der Waals surface area contributed by atoms with E-state index in [2.05, 4.69) is 19.8 Å². The van der Waals surface area contributed by atoms with Crippen LogP contribution in [0.5, 0.6) is 0 Å². The Kier molecular flexibility index (Phi) is 3.26. The fraction of sp³-hybridized carbons (Fsp3) is 0.905. The van der Waals surface area contributed by atoms with Gasteiger partial charge in [0, 0.05) is 5.41 Å². The lowest BCUT2D eigenvalue weighted by Crippen LogP contribution is -2.55. The Balaban J connectivity index is 1.67. The Labute approximate surface area is 136 Å². The van der Waals surface area contributed by atoms with Crippen LogP contribution in [0, 0.1) is 46.8 Å². The van der Waals surface area contributed by atoms with Gasteiger partial charge in [0.05, 0.1) is 0 Å². The average molecular weight is 300 g/mol. The third-order valence-corrected chi connectivity index (χ3v) is 8.97. The minimum atomic E-state index is -0.840. The molecule has 22 heavy (non-hydrogen) atoms. The van der Waals surface area contributed by atoms with Crippen LogP contribution in [0.1, 0.15) is 78.1 Å². The van der Waals surface area contributed by atoms with E-state index in [0.717, 1.165) is 37.0 Å². The zero-order valence-corrected chi connectivity index (χ0v) is 14.4. The summed E-state index contributed by atoms with van der Waals surface area (Å²) in [4.78, 5) is 0. The molecule has 1 nitrogen and oxygen atoms in total. The van der Waals surface area contributed by atoms with Crippen LogP contribution in [-0.4, -0.2) is 10.7 Å². The molecule has 4 aliphatic rings. The largest absolute Gasteiger partial charge is 0.377 e. The smallest absolute Gasteiger partial charge is 0.130 e. The van der Waals surface area contributed by atoms with Crippen LogP contribution >= 0.6 is 0 Å². The number of aliphatic hydroxyl groups is 1. The van der Waals surface area contributed by atoms with E-state index in [-0.39, 0.29) is 5.41 Å². The quantitative estimate of drug-likeness (QED) is 0.638. The number of rotatable bonds is 0. The summed E-state index contributed by atoms with van der Waals surface area (Å²) in [6, 6.07) is 0. The second-order valence-corrected chi connectivity index (χ2v) is 9.40. The van der Waals surface area contributed by atoms with Crippen LogP contribution in [-0.2, 0) is 0 Å². The molecule has 7 atom stereocenters. The summed E-state index contributed by atoms with van der Waals surface area (Å²) < 4.78 is 0. The minimum absolute atomic E-state index is 0.0270. The lowest BCUT2D eigenvalue weighted by Gasteiger charge is -2.60. The van der Waals surface area contributed by atoms with Gasteiger partial charge in [0.25, 0.3) is 0 Å². The molecule has 0 bridgehead atoms. The lowest BCUT2D eigenvalue weighted by atomic mass is 9.44. The molecule has 0 spiro atoms. The Bertz CT molecular complexity index is 505. The molecular weight excluding hydrogens is 268 g/mol. The van der Waals surface area contributed by atoms with E-state index in [1.165, 1.54) is 44.9 Å². The van der Waals surface area contributed by atoms with Crippen LogP contribution in [0.2, 0.25) is 0 Å². The standard InChI is InChI=1S/C21H32O/c1-4-21(22)14-11-18-16-9-8-15-7-5-6-12-19(15,2)17(16)10-13-20(18,21)3/h1,15-18,22H,5-14H2,2-3H3/t15-,16+,17-,18-,19+,20-,21+/m1/s1. The van der Waals surface area contributed by atoms with Crippen LogP contribution in [0.4, 0.5) is 0 Å². The molecule has 122 valence electrons. The van der Waals surface area contributed by atoms with E-state index in [0.29, 0.717) is 11.3 Å². The molecule has 0 aliphatic heterocycles. The van der Waals surface area contributed by atoms with Crippen molar-refractivity contribution in [3.63, 3.8) is 0 Å². The maximum Gasteiger partial charge on any atom is 0.130 e. The Morgan fingerprint density at radius 1 is 0.909 bits per heavy atom. The minimum Gasteiger partial charge on any atom is -0.377 e. The summed E-state index contributed by atoms with van der Waals surface area (Å²) in [6.45, 7) is 4.91. The van der Waals surface area contributed by atoms with E-state index < -0.39 is 5.60 Å². The molecule has 0 saturated heterocycles. The van der Waals surface area contributed by atoms with Gasteiger partial charge in [-0.3, -0.25) is 0 Å². The van der Waals surface area contributed by atoms with Crippen molar-refractivity contribution in [3.05, 3.63) is 0 Å². The predicted octanol–water partition coefficient (Wildman–Crippen LogP) is 4.78. The van der Waals surface area contributed by atoms with E-state index in [4.69, 9.17) is 6.42 Å². The van der Waals surface area contributed by atoms with Gasteiger partial charge in [-0.2, -0.15) is 0 Å². The molecule has 4 saturated carbocycles. The number of hydrogen-bond acceptors (Lipinski definition) is 1. The van der Waals surface area contributed by atoms with Crippen molar-refractivity contribution in [2.45, 2.75) is 83.7 Å². The molecule has 4 fully saturated rings. The summed E-state index contributed by atoms with van der Waals surface area (Å²) in [6.07, 6.45) is 18.8. The molecule has 0 aromatic rings. The first-order valence-corrected chi connectivity index (χ1v) is 9.65. The molecule has 0 radical (unpaired) electrons. The van der Waals surface area contributed by atoms with Crippen molar-refractivity contribution in [3.8, 4) is 12.3 Å². The second kappa shape index (κ2) is 4.76. The molecule has 0 amide bonds. The van der Waals surface area contributed by atoms with E-state index >= 15 is 0 Å². The summed E-state index contributed by atoms with van der Waals surface area (Å²) >= 11 is 0. The van der Waals surface area contributed by atoms with E-state index in [9.17, 15) is 5.11 Å². The van der Waals surface area contributed by atoms with Crippen LogP contribution in [0.15, 0.2) is 0 Å². The summed E-state index contributed by atoms with van der Waals surface area (Å²) in [5.74, 6) is 6.14. The highest BCUT2D eigenvalue weighted by Crippen LogP contribution is 2.68. The van der Waals surface area contributed by atoms with E-state index in [1.807, 2.05) is 0 Å². The van der Waals surface area contributed by atoms with Crippen molar-refractivity contribution in [1.82, 2.24) is 0 Å². The molecule has 0 unspecified atom stereocenters. The molecule has 4 aliphatic carbocycles. The van der Waals surface area contributed by atoms with Crippen molar-refractivity contribution >= 4 is 0 Å². The second-order valence-electron chi connectivity index (χ2n) is 9.40. The highest BCUT2D eigenvalue weighted by Gasteiger charge is 2.63. The van der Waals surface area contributed by atoms with Gasteiger partial charge in [-0.15, -0.1) is 6.42 Å². The third-order valence-electron chi connectivity index (χ3n) is 8.97. The van der Waals surface area contributed by atoms with Crippen molar-refractivity contribution in [2.24, 2.45) is 34.5 Å². The SMILES string of the molecule is C#C[C@]1(O)CC[C@@H]2[C@H]3CC[C@H]4CCCC[C@]4(C)[C@@H]3CC[C@]21C. The Morgan fingerprint density at radius 2 is 1.68 bits per heavy atom. The fourth-order valence-corrected chi connectivity index (χ4v) is 7.55. The van der Waals surface area contributed by atoms with Gasteiger partial charge in [-0.05, 0) is 80.5 Å². The van der Waals surface area contributed by atoms with Gasteiger partial charge in [0.2, 0.25) is 0 Å². The fourth-order valence-electron chi connectivity index (χ4n) is 7.55. The third kappa shape index (κ3) is 1.71. The molecular formula is C21H32O. The van der Waals surface area contributed by atoms with Gasteiger partial charge in [0.15, 0.2) is 0 Å².